The number of nitrogens with one attached hydrogen (secondary N) is 1. The van der Waals surface area contributed by atoms with Gasteiger partial charge in [-0.25, -0.2) is 4.98 Å². The normalized spacial score (nSPS) is 9.93. The molecule has 2 rings (SSSR count). The lowest BCUT2D eigenvalue weighted by Crippen LogP contribution is -2.05. The molecule has 15 heavy (non-hydrogen) atoms. The number of carbonyl (C=O) groups is 1. The van der Waals surface area contributed by atoms with Crippen molar-refractivity contribution in [3.05, 3.63) is 43.0 Å². The van der Waals surface area contributed by atoms with Gasteiger partial charge in [-0.2, -0.15) is 0 Å². The van der Waals surface area contributed by atoms with Crippen LogP contribution in [0.3, 0.4) is 0 Å². The Balaban J connectivity index is 2.31. The van der Waals surface area contributed by atoms with Crippen molar-refractivity contribution >= 4 is 11.6 Å². The molecule has 4 nitrogen and oxygen atoms in total. The summed E-state index contributed by atoms with van der Waals surface area (Å²) in [6.07, 6.45) is 5.28. The van der Waals surface area contributed by atoms with E-state index in [1.807, 2.05) is 35.0 Å². The molecule has 0 aliphatic carbocycles. The van der Waals surface area contributed by atoms with Gasteiger partial charge in [-0.1, -0.05) is 6.07 Å². The summed E-state index contributed by atoms with van der Waals surface area (Å²) in [4.78, 5) is 14.8. The highest BCUT2D eigenvalue weighted by atomic mass is 16.1. The fraction of sp³-hybridized carbons (Fsp3) is 0.0909. The SMILES string of the molecule is CC(=O)Nc1cccc(-n2ccnc2)c1. The van der Waals surface area contributed by atoms with Crippen molar-refractivity contribution in [2.24, 2.45) is 0 Å². The number of nitrogens with zero attached hydrogens (tertiary/aromatic N) is 2. The zero-order valence-corrected chi connectivity index (χ0v) is 8.34. The third-order valence-corrected chi connectivity index (χ3v) is 1.97. The van der Waals surface area contributed by atoms with Gasteiger partial charge < -0.3 is 9.88 Å². The Kier molecular flexibility index (Phi) is 2.49. The topological polar surface area (TPSA) is 46.9 Å². The van der Waals surface area contributed by atoms with E-state index in [1.165, 1.54) is 6.92 Å². The molecule has 0 bridgehead atoms. The van der Waals surface area contributed by atoms with Gasteiger partial charge >= 0.3 is 0 Å². The number of aromatic nitrogens is 2. The van der Waals surface area contributed by atoms with Crippen LogP contribution in [-0.2, 0) is 4.79 Å². The molecular weight excluding hydrogens is 190 g/mol. The van der Waals surface area contributed by atoms with E-state index in [1.54, 1.807) is 12.5 Å². The fourth-order valence-electron chi connectivity index (χ4n) is 1.36. The average molecular weight is 201 g/mol. The number of rotatable bonds is 2. The highest BCUT2D eigenvalue weighted by Gasteiger charge is 1.98. The highest BCUT2D eigenvalue weighted by Crippen LogP contribution is 2.13. The van der Waals surface area contributed by atoms with E-state index < -0.39 is 0 Å². The number of hydrogen-bond acceptors (Lipinski definition) is 2. The summed E-state index contributed by atoms with van der Waals surface area (Å²) in [6, 6.07) is 7.58. The second-order valence-corrected chi connectivity index (χ2v) is 3.20. The summed E-state index contributed by atoms with van der Waals surface area (Å²) in [5.41, 5.74) is 1.76. The van der Waals surface area contributed by atoms with Gasteiger partial charge in [0.2, 0.25) is 5.91 Å². The molecule has 0 radical (unpaired) electrons. The van der Waals surface area contributed by atoms with Gasteiger partial charge in [0, 0.05) is 30.7 Å². The molecule has 0 aliphatic rings. The molecule has 0 unspecified atom stereocenters. The van der Waals surface area contributed by atoms with Crippen molar-refractivity contribution < 1.29 is 4.79 Å². The minimum absolute atomic E-state index is 0.0715. The molecule has 76 valence electrons. The van der Waals surface area contributed by atoms with Gasteiger partial charge in [0.1, 0.15) is 0 Å². The van der Waals surface area contributed by atoms with Crippen molar-refractivity contribution in [3.63, 3.8) is 0 Å². The summed E-state index contributed by atoms with van der Waals surface area (Å²) >= 11 is 0. The van der Waals surface area contributed by atoms with Crippen molar-refractivity contribution in [2.75, 3.05) is 5.32 Å². The van der Waals surface area contributed by atoms with E-state index in [0.29, 0.717) is 0 Å². The summed E-state index contributed by atoms with van der Waals surface area (Å²) in [6.45, 7) is 1.49. The molecule has 1 amide bonds. The second kappa shape index (κ2) is 3.96. The molecular formula is C11H11N3O. The Morgan fingerprint density at radius 3 is 3.00 bits per heavy atom. The van der Waals surface area contributed by atoms with E-state index in [0.717, 1.165) is 11.4 Å². The maximum atomic E-state index is 10.9. The molecule has 0 fully saturated rings. The Bertz CT molecular complexity index is 462. The van der Waals surface area contributed by atoms with Gasteiger partial charge in [0.05, 0.1) is 6.33 Å². The first-order valence-electron chi connectivity index (χ1n) is 4.62. The Morgan fingerprint density at radius 2 is 2.33 bits per heavy atom. The highest BCUT2D eigenvalue weighted by molar-refractivity contribution is 5.88. The number of benzene rings is 1. The Hall–Kier alpha value is -2.10. The number of hydrogen-bond donors (Lipinski definition) is 1. The molecule has 0 atom stereocenters. The minimum atomic E-state index is -0.0715. The summed E-state index contributed by atoms with van der Waals surface area (Å²) in [5, 5.41) is 2.73. The first-order valence-corrected chi connectivity index (χ1v) is 4.62. The van der Waals surface area contributed by atoms with Gasteiger partial charge in [0.15, 0.2) is 0 Å². The predicted octanol–water partition coefficient (Wildman–Crippen LogP) is 1.83. The van der Waals surface area contributed by atoms with Gasteiger partial charge in [-0.15, -0.1) is 0 Å². The molecule has 0 saturated heterocycles. The number of imidazole rings is 1. The first kappa shape index (κ1) is 9.45. The maximum Gasteiger partial charge on any atom is 0.221 e. The largest absolute Gasteiger partial charge is 0.326 e. The van der Waals surface area contributed by atoms with Crippen LogP contribution < -0.4 is 5.32 Å². The average Bonchev–Trinajstić information content (AvgIpc) is 2.69. The molecule has 4 heteroatoms. The maximum absolute atomic E-state index is 10.9. The van der Waals surface area contributed by atoms with Crippen LogP contribution in [0.5, 0.6) is 0 Å². The lowest BCUT2D eigenvalue weighted by Gasteiger charge is -2.05. The van der Waals surface area contributed by atoms with E-state index in [2.05, 4.69) is 10.3 Å². The quantitative estimate of drug-likeness (QED) is 0.805. The molecule has 1 aromatic heterocycles. The fourth-order valence-corrected chi connectivity index (χ4v) is 1.36. The van der Waals surface area contributed by atoms with Crippen molar-refractivity contribution in [1.29, 1.82) is 0 Å². The van der Waals surface area contributed by atoms with Gasteiger partial charge in [-0.05, 0) is 18.2 Å². The zero-order valence-electron chi connectivity index (χ0n) is 8.34. The molecule has 0 aliphatic heterocycles. The molecule has 1 N–H and O–H groups in total. The van der Waals surface area contributed by atoms with Crippen molar-refractivity contribution in [2.45, 2.75) is 6.92 Å². The van der Waals surface area contributed by atoms with Crippen LogP contribution in [0.1, 0.15) is 6.92 Å². The van der Waals surface area contributed by atoms with Crippen LogP contribution in [0.4, 0.5) is 5.69 Å². The number of anilines is 1. The lowest BCUT2D eigenvalue weighted by atomic mass is 10.2. The van der Waals surface area contributed by atoms with Crippen LogP contribution in [0.15, 0.2) is 43.0 Å². The molecule has 2 aromatic rings. The van der Waals surface area contributed by atoms with Crippen LogP contribution in [0, 0.1) is 0 Å². The standard InChI is InChI=1S/C11H11N3O/c1-9(15)13-10-3-2-4-11(7-10)14-6-5-12-8-14/h2-8H,1H3,(H,13,15). The third-order valence-electron chi connectivity index (χ3n) is 1.97. The van der Waals surface area contributed by atoms with Gasteiger partial charge in [0.25, 0.3) is 0 Å². The molecule has 0 saturated carbocycles. The first-order chi connectivity index (χ1) is 7.25. The summed E-state index contributed by atoms with van der Waals surface area (Å²) in [7, 11) is 0. The molecule has 1 heterocycles. The van der Waals surface area contributed by atoms with Crippen LogP contribution in [0.25, 0.3) is 5.69 Å². The number of amides is 1. The molecule has 0 spiro atoms. The van der Waals surface area contributed by atoms with E-state index >= 15 is 0 Å². The van der Waals surface area contributed by atoms with E-state index in [9.17, 15) is 4.79 Å². The van der Waals surface area contributed by atoms with Gasteiger partial charge in [-0.3, -0.25) is 4.79 Å². The minimum Gasteiger partial charge on any atom is -0.326 e. The van der Waals surface area contributed by atoms with Crippen molar-refractivity contribution in [1.82, 2.24) is 9.55 Å². The number of carbonyl (C=O) groups excluding carboxylic acids is 1. The predicted molar refractivity (Wildman–Crippen MR) is 57.9 cm³/mol. The van der Waals surface area contributed by atoms with Crippen LogP contribution in [-0.4, -0.2) is 15.5 Å². The summed E-state index contributed by atoms with van der Waals surface area (Å²) < 4.78 is 1.88. The smallest absolute Gasteiger partial charge is 0.221 e. The Labute approximate surface area is 87.6 Å². The zero-order chi connectivity index (χ0) is 10.7. The van der Waals surface area contributed by atoms with Crippen LogP contribution in [0.2, 0.25) is 0 Å². The monoisotopic (exact) mass is 201 g/mol. The second-order valence-electron chi connectivity index (χ2n) is 3.20. The van der Waals surface area contributed by atoms with Crippen LogP contribution >= 0.6 is 0 Å². The Morgan fingerprint density at radius 1 is 1.47 bits per heavy atom. The molecule has 1 aromatic carbocycles. The van der Waals surface area contributed by atoms with Crippen molar-refractivity contribution in [3.8, 4) is 5.69 Å². The van der Waals surface area contributed by atoms with E-state index in [4.69, 9.17) is 0 Å². The lowest BCUT2D eigenvalue weighted by molar-refractivity contribution is -0.114. The van der Waals surface area contributed by atoms with E-state index in [-0.39, 0.29) is 5.91 Å². The summed E-state index contributed by atoms with van der Waals surface area (Å²) in [5.74, 6) is -0.0715. The third kappa shape index (κ3) is 2.22.